The standard InChI is InChI=1S/C29H24FN3O4/c1-36-22-13-9-19(15-23(22)37-2)25-26(27(34)18-7-11-20(30)12-8-18)33-21-6-4-3-5-17(21)10-14-24(33)29(25,16-31)28(32)35/h3-15,24-26H,1-2H3,(H2,32,35). The van der Waals surface area contributed by atoms with E-state index >= 15 is 0 Å². The number of methoxy groups -OCH3 is 2. The third kappa shape index (κ3) is 3.54. The van der Waals surface area contributed by atoms with E-state index in [9.17, 15) is 19.2 Å². The molecule has 2 N–H and O–H groups in total. The molecule has 3 aromatic carbocycles. The fraction of sp³-hybridized carbons (Fsp3) is 0.207. The van der Waals surface area contributed by atoms with Crippen molar-refractivity contribution in [3.8, 4) is 17.6 Å². The van der Waals surface area contributed by atoms with Crippen molar-refractivity contribution in [1.29, 1.82) is 5.26 Å². The van der Waals surface area contributed by atoms with Crippen molar-refractivity contribution in [3.63, 3.8) is 0 Å². The summed E-state index contributed by atoms with van der Waals surface area (Å²) in [6, 6.07) is 18.1. The molecule has 1 saturated heterocycles. The maximum Gasteiger partial charge on any atom is 0.241 e. The quantitative estimate of drug-likeness (QED) is 0.515. The molecule has 0 bridgehead atoms. The van der Waals surface area contributed by atoms with Crippen LogP contribution in [0.3, 0.4) is 0 Å². The molecule has 1 fully saturated rings. The number of fused-ring (bicyclic) bond motifs is 3. The first-order chi connectivity index (χ1) is 17.9. The molecule has 0 saturated carbocycles. The number of primary amides is 1. The molecule has 0 aromatic heterocycles. The first-order valence-electron chi connectivity index (χ1n) is 11.7. The molecular weight excluding hydrogens is 473 g/mol. The van der Waals surface area contributed by atoms with Gasteiger partial charge in [0.05, 0.1) is 26.3 Å². The van der Waals surface area contributed by atoms with Crippen molar-refractivity contribution in [3.05, 3.63) is 95.3 Å². The SMILES string of the molecule is COc1ccc(C2C(C(=O)c3ccc(F)cc3)N3c4ccccc4C=CC3C2(C#N)C(N)=O)cc1OC. The zero-order valence-electron chi connectivity index (χ0n) is 20.2. The van der Waals surface area contributed by atoms with Gasteiger partial charge < -0.3 is 20.1 Å². The van der Waals surface area contributed by atoms with E-state index < -0.39 is 35.1 Å². The van der Waals surface area contributed by atoms with Gasteiger partial charge in [-0.15, -0.1) is 0 Å². The van der Waals surface area contributed by atoms with Gasteiger partial charge in [-0.05, 0) is 53.6 Å². The Kier molecular flexibility index (Phi) is 5.92. The van der Waals surface area contributed by atoms with Crippen LogP contribution in [-0.2, 0) is 4.79 Å². The number of rotatable bonds is 6. The molecule has 0 radical (unpaired) electrons. The molecule has 2 heterocycles. The number of carbonyl (C=O) groups is 2. The normalized spacial score (nSPS) is 23.5. The zero-order valence-corrected chi connectivity index (χ0v) is 20.2. The van der Waals surface area contributed by atoms with Crippen LogP contribution in [0.5, 0.6) is 11.5 Å². The average molecular weight is 498 g/mol. The second-order valence-corrected chi connectivity index (χ2v) is 9.02. The van der Waals surface area contributed by atoms with Crippen LogP contribution >= 0.6 is 0 Å². The highest BCUT2D eigenvalue weighted by Gasteiger charge is 2.65. The molecule has 5 rings (SSSR count). The molecule has 0 spiro atoms. The number of ketones is 1. The first kappa shape index (κ1) is 24.1. The Hall–Kier alpha value is -4.64. The van der Waals surface area contributed by atoms with E-state index in [0.717, 1.165) is 5.56 Å². The first-order valence-corrected chi connectivity index (χ1v) is 11.7. The third-order valence-corrected chi connectivity index (χ3v) is 7.30. The second kappa shape index (κ2) is 9.10. The third-order valence-electron chi connectivity index (χ3n) is 7.30. The number of nitrogens with two attached hydrogens (primary N) is 1. The lowest BCUT2D eigenvalue weighted by molar-refractivity contribution is -0.125. The molecule has 3 aromatic rings. The van der Waals surface area contributed by atoms with Gasteiger partial charge in [0.25, 0.3) is 0 Å². The topological polar surface area (TPSA) is 106 Å². The Labute approximate surface area is 213 Å². The van der Waals surface area contributed by atoms with Crippen LogP contribution in [0.4, 0.5) is 10.1 Å². The maximum atomic E-state index is 14.2. The van der Waals surface area contributed by atoms with E-state index in [1.807, 2.05) is 30.3 Å². The van der Waals surface area contributed by atoms with Crippen molar-refractivity contribution in [2.75, 3.05) is 19.1 Å². The Morgan fingerprint density at radius 2 is 1.73 bits per heavy atom. The zero-order chi connectivity index (χ0) is 26.3. The van der Waals surface area contributed by atoms with Gasteiger partial charge in [0.15, 0.2) is 22.7 Å². The van der Waals surface area contributed by atoms with Crippen LogP contribution < -0.4 is 20.1 Å². The average Bonchev–Trinajstić information content (AvgIpc) is 3.24. The summed E-state index contributed by atoms with van der Waals surface area (Å²) in [6.45, 7) is 0. The fourth-order valence-electron chi connectivity index (χ4n) is 5.63. The van der Waals surface area contributed by atoms with Crippen LogP contribution in [0.2, 0.25) is 0 Å². The number of nitrogens with zero attached hydrogens (tertiary/aromatic N) is 2. The van der Waals surface area contributed by atoms with Gasteiger partial charge >= 0.3 is 0 Å². The van der Waals surface area contributed by atoms with E-state index in [1.165, 1.54) is 38.5 Å². The van der Waals surface area contributed by atoms with Gasteiger partial charge in [-0.3, -0.25) is 9.59 Å². The predicted octanol–water partition coefficient (Wildman–Crippen LogP) is 4.09. The van der Waals surface area contributed by atoms with Crippen LogP contribution in [0, 0.1) is 22.6 Å². The molecule has 4 unspecified atom stereocenters. The van der Waals surface area contributed by atoms with Crippen molar-refractivity contribution in [1.82, 2.24) is 0 Å². The number of nitriles is 1. The van der Waals surface area contributed by atoms with Crippen LogP contribution in [0.1, 0.15) is 27.4 Å². The minimum Gasteiger partial charge on any atom is -0.493 e. The Bertz CT molecular complexity index is 1460. The lowest BCUT2D eigenvalue weighted by Gasteiger charge is -2.36. The molecule has 2 aliphatic heterocycles. The number of carbonyl (C=O) groups excluding carboxylic acids is 2. The minimum atomic E-state index is -1.80. The fourth-order valence-corrected chi connectivity index (χ4v) is 5.63. The van der Waals surface area contributed by atoms with Crippen LogP contribution in [0.15, 0.2) is 72.8 Å². The van der Waals surface area contributed by atoms with Gasteiger partial charge in [0, 0.05) is 17.2 Å². The van der Waals surface area contributed by atoms with E-state index in [-0.39, 0.29) is 11.3 Å². The summed E-state index contributed by atoms with van der Waals surface area (Å²) in [5, 5.41) is 10.6. The Morgan fingerprint density at radius 3 is 2.38 bits per heavy atom. The van der Waals surface area contributed by atoms with Gasteiger partial charge in [0.2, 0.25) is 5.91 Å². The van der Waals surface area contributed by atoms with Crippen LogP contribution in [0.25, 0.3) is 6.08 Å². The maximum absolute atomic E-state index is 14.2. The summed E-state index contributed by atoms with van der Waals surface area (Å²) in [5.41, 5.74) is 6.50. The minimum absolute atomic E-state index is 0.251. The van der Waals surface area contributed by atoms with E-state index in [0.29, 0.717) is 22.7 Å². The Balaban J connectivity index is 1.81. The smallest absolute Gasteiger partial charge is 0.241 e. The highest BCUT2D eigenvalue weighted by atomic mass is 19.1. The van der Waals surface area contributed by atoms with Gasteiger partial charge in [-0.1, -0.05) is 36.4 Å². The van der Waals surface area contributed by atoms with Crippen LogP contribution in [-0.4, -0.2) is 38.0 Å². The van der Waals surface area contributed by atoms with Crippen molar-refractivity contribution >= 4 is 23.5 Å². The number of para-hydroxylation sites is 1. The van der Waals surface area contributed by atoms with E-state index in [4.69, 9.17) is 15.2 Å². The molecular formula is C29H24FN3O4. The monoisotopic (exact) mass is 497 g/mol. The number of halogens is 1. The van der Waals surface area contributed by atoms with Crippen molar-refractivity contribution in [2.24, 2.45) is 11.1 Å². The van der Waals surface area contributed by atoms with E-state index in [2.05, 4.69) is 6.07 Å². The highest BCUT2D eigenvalue weighted by Crippen LogP contribution is 2.56. The summed E-state index contributed by atoms with van der Waals surface area (Å²) in [7, 11) is 2.98. The molecule has 0 aliphatic carbocycles. The number of ether oxygens (including phenoxy) is 2. The summed E-state index contributed by atoms with van der Waals surface area (Å²) in [4.78, 5) is 29.3. The molecule has 4 atom stereocenters. The lowest BCUT2D eigenvalue weighted by atomic mass is 9.67. The summed E-state index contributed by atoms with van der Waals surface area (Å²) >= 11 is 0. The second-order valence-electron chi connectivity index (χ2n) is 9.02. The highest BCUT2D eigenvalue weighted by molar-refractivity contribution is 6.06. The number of amides is 1. The molecule has 37 heavy (non-hydrogen) atoms. The van der Waals surface area contributed by atoms with Gasteiger partial charge in [-0.25, -0.2) is 4.39 Å². The van der Waals surface area contributed by atoms with Gasteiger partial charge in [-0.2, -0.15) is 5.26 Å². The van der Waals surface area contributed by atoms with E-state index in [1.54, 1.807) is 29.2 Å². The largest absolute Gasteiger partial charge is 0.493 e. The number of anilines is 1. The molecule has 186 valence electrons. The molecule has 7 nitrogen and oxygen atoms in total. The number of hydrogen-bond acceptors (Lipinski definition) is 6. The number of Topliss-reactive ketones (excluding diaryl/α,β-unsaturated/α-hetero) is 1. The lowest BCUT2D eigenvalue weighted by Crippen LogP contribution is -2.49. The molecule has 2 aliphatic rings. The predicted molar refractivity (Wildman–Crippen MR) is 136 cm³/mol. The van der Waals surface area contributed by atoms with Gasteiger partial charge in [0.1, 0.15) is 11.9 Å². The molecule has 1 amide bonds. The summed E-state index contributed by atoms with van der Waals surface area (Å²) in [6.07, 6.45) is 3.59. The summed E-state index contributed by atoms with van der Waals surface area (Å²) in [5.74, 6) is -1.84. The Morgan fingerprint density at radius 1 is 1.03 bits per heavy atom. The van der Waals surface area contributed by atoms with Crippen molar-refractivity contribution < 1.29 is 23.5 Å². The van der Waals surface area contributed by atoms with Crippen molar-refractivity contribution in [2.45, 2.75) is 18.0 Å². The number of benzene rings is 3. The number of hydrogen-bond donors (Lipinski definition) is 1. The summed E-state index contributed by atoms with van der Waals surface area (Å²) < 4.78 is 24.6. The molecule has 8 heteroatoms.